The number of aliphatic imine (C=N–C) groups is 1. The van der Waals surface area contributed by atoms with Crippen molar-refractivity contribution in [1.82, 2.24) is 20.9 Å². The zero-order chi connectivity index (χ0) is 20.2. The molecule has 1 amide bonds. The molecule has 0 aliphatic rings. The summed E-state index contributed by atoms with van der Waals surface area (Å²) in [5.74, 6) is 0.743. The van der Waals surface area contributed by atoms with Crippen LogP contribution in [0.4, 0.5) is 4.79 Å². The van der Waals surface area contributed by atoms with E-state index in [9.17, 15) is 4.79 Å². The van der Waals surface area contributed by atoms with Gasteiger partial charge in [0.1, 0.15) is 5.60 Å². The Morgan fingerprint density at radius 3 is 2.11 bits per heavy atom. The van der Waals surface area contributed by atoms with Gasteiger partial charge in [-0.25, -0.2) is 4.79 Å². The van der Waals surface area contributed by atoms with Crippen LogP contribution in [0, 0.1) is 0 Å². The quantitative estimate of drug-likeness (QED) is 0.186. The molecule has 0 atom stereocenters. The lowest BCUT2D eigenvalue weighted by atomic mass is 10.1. The Balaban J connectivity index is 0. The Morgan fingerprint density at radius 1 is 1.04 bits per heavy atom. The summed E-state index contributed by atoms with van der Waals surface area (Å²) in [6, 6.07) is 0. The molecule has 0 aromatic heterocycles. The van der Waals surface area contributed by atoms with E-state index < -0.39 is 17.2 Å². The Morgan fingerprint density at radius 2 is 1.63 bits per heavy atom. The van der Waals surface area contributed by atoms with E-state index in [1.54, 1.807) is 7.05 Å². The first-order valence-electron chi connectivity index (χ1n) is 9.71. The average molecular weight is 499 g/mol. The van der Waals surface area contributed by atoms with Crippen molar-refractivity contribution in [3.05, 3.63) is 0 Å². The second kappa shape index (κ2) is 14.3. The third-order valence-electron chi connectivity index (χ3n) is 3.85. The number of halogens is 1. The van der Waals surface area contributed by atoms with Crippen molar-refractivity contribution in [2.24, 2.45) is 4.99 Å². The van der Waals surface area contributed by atoms with Crippen molar-refractivity contribution >= 4 is 36.0 Å². The molecule has 0 spiro atoms. The van der Waals surface area contributed by atoms with Gasteiger partial charge in [0, 0.05) is 20.1 Å². The summed E-state index contributed by atoms with van der Waals surface area (Å²) in [5.41, 5.74) is -0.959. The van der Waals surface area contributed by atoms with Crippen LogP contribution < -0.4 is 16.0 Å². The van der Waals surface area contributed by atoms with Crippen molar-refractivity contribution in [1.29, 1.82) is 0 Å². The van der Waals surface area contributed by atoms with Gasteiger partial charge in [0.15, 0.2) is 5.96 Å². The number of alkyl carbamates (subject to hydrolysis) is 1. The van der Waals surface area contributed by atoms with Crippen molar-refractivity contribution in [3.63, 3.8) is 0 Å². The van der Waals surface area contributed by atoms with Crippen LogP contribution in [0.3, 0.4) is 0 Å². The second-order valence-corrected chi connectivity index (χ2v) is 8.10. The molecule has 0 bridgehead atoms. The average Bonchev–Trinajstić information content (AvgIpc) is 2.51. The topological polar surface area (TPSA) is 78.0 Å². The van der Waals surface area contributed by atoms with Crippen LogP contribution in [0.25, 0.3) is 0 Å². The predicted molar refractivity (Wildman–Crippen MR) is 125 cm³/mol. The molecular weight excluding hydrogens is 457 g/mol. The minimum Gasteiger partial charge on any atom is -0.444 e. The first kappa shape index (κ1) is 28.4. The molecular formula is C19H42IN5O2. The standard InChI is InChI=1S/C19H41N5O2.HI/c1-9-24(10-2)14-12-11-13-21-16(20-8)22-15-19(6,7)23-17(25)26-18(3,4)5;/h9-15H2,1-8H3,(H,23,25)(H2,20,21,22);1H. The Bertz CT molecular complexity index is 432. The van der Waals surface area contributed by atoms with E-state index in [2.05, 4.69) is 39.7 Å². The molecule has 0 aromatic rings. The minimum absolute atomic E-state index is 0. The number of carbonyl (C=O) groups is 1. The van der Waals surface area contributed by atoms with Gasteiger partial charge < -0.3 is 25.6 Å². The molecule has 0 radical (unpaired) electrons. The normalized spacial score (nSPS) is 12.4. The monoisotopic (exact) mass is 499 g/mol. The molecule has 0 aliphatic carbocycles. The number of guanidine groups is 1. The summed E-state index contributed by atoms with van der Waals surface area (Å²) >= 11 is 0. The number of rotatable bonds is 10. The lowest BCUT2D eigenvalue weighted by molar-refractivity contribution is 0.0474. The molecule has 0 heterocycles. The summed E-state index contributed by atoms with van der Waals surface area (Å²) in [6.07, 6.45) is 1.84. The van der Waals surface area contributed by atoms with Crippen molar-refractivity contribution in [3.8, 4) is 0 Å². The third-order valence-corrected chi connectivity index (χ3v) is 3.85. The largest absolute Gasteiger partial charge is 0.444 e. The first-order chi connectivity index (χ1) is 12.0. The van der Waals surface area contributed by atoms with Crippen LogP contribution in [0.5, 0.6) is 0 Å². The Hall–Kier alpha value is -0.770. The Kier molecular flexibility index (Phi) is 15.0. The van der Waals surface area contributed by atoms with Gasteiger partial charge in [-0.3, -0.25) is 4.99 Å². The van der Waals surface area contributed by atoms with E-state index in [0.717, 1.165) is 45.0 Å². The maximum absolute atomic E-state index is 11.9. The predicted octanol–water partition coefficient (Wildman–Crippen LogP) is 3.19. The maximum atomic E-state index is 11.9. The number of nitrogens with zero attached hydrogens (tertiary/aromatic N) is 2. The van der Waals surface area contributed by atoms with Gasteiger partial charge in [-0.15, -0.1) is 24.0 Å². The van der Waals surface area contributed by atoms with E-state index in [-0.39, 0.29) is 24.0 Å². The van der Waals surface area contributed by atoms with Crippen molar-refractivity contribution in [2.75, 3.05) is 39.8 Å². The van der Waals surface area contributed by atoms with Gasteiger partial charge in [-0.2, -0.15) is 0 Å². The van der Waals surface area contributed by atoms with Crippen molar-refractivity contribution < 1.29 is 9.53 Å². The minimum atomic E-state index is -0.504. The molecule has 8 heteroatoms. The van der Waals surface area contributed by atoms with Gasteiger partial charge in [-0.1, -0.05) is 13.8 Å². The Labute approximate surface area is 183 Å². The molecule has 162 valence electrons. The van der Waals surface area contributed by atoms with Crippen LogP contribution in [0.1, 0.15) is 61.3 Å². The fourth-order valence-corrected chi connectivity index (χ4v) is 2.36. The van der Waals surface area contributed by atoms with Gasteiger partial charge in [0.2, 0.25) is 0 Å². The van der Waals surface area contributed by atoms with Gasteiger partial charge >= 0.3 is 6.09 Å². The fourth-order valence-electron chi connectivity index (χ4n) is 2.36. The highest BCUT2D eigenvalue weighted by Gasteiger charge is 2.24. The lowest BCUT2D eigenvalue weighted by Gasteiger charge is -2.29. The van der Waals surface area contributed by atoms with Crippen LogP contribution in [0.15, 0.2) is 4.99 Å². The fraction of sp³-hybridized carbons (Fsp3) is 0.895. The maximum Gasteiger partial charge on any atom is 0.408 e. The zero-order valence-corrected chi connectivity index (χ0v) is 20.9. The number of hydrogen-bond donors (Lipinski definition) is 3. The molecule has 0 rings (SSSR count). The number of ether oxygens (including phenoxy) is 1. The van der Waals surface area contributed by atoms with Gasteiger partial charge in [-0.05, 0) is 67.1 Å². The summed E-state index contributed by atoms with van der Waals surface area (Å²) < 4.78 is 5.31. The summed E-state index contributed by atoms with van der Waals surface area (Å²) in [6.45, 7) is 18.6. The van der Waals surface area contributed by atoms with E-state index in [0.29, 0.717) is 6.54 Å². The van der Waals surface area contributed by atoms with Crippen LogP contribution in [0.2, 0.25) is 0 Å². The number of carbonyl (C=O) groups excluding carboxylic acids is 1. The van der Waals surface area contributed by atoms with E-state index in [4.69, 9.17) is 4.74 Å². The van der Waals surface area contributed by atoms with Crippen molar-refractivity contribution in [2.45, 2.75) is 72.4 Å². The highest BCUT2D eigenvalue weighted by Crippen LogP contribution is 2.09. The summed E-state index contributed by atoms with van der Waals surface area (Å²) in [7, 11) is 1.75. The van der Waals surface area contributed by atoms with Crippen LogP contribution >= 0.6 is 24.0 Å². The molecule has 0 saturated heterocycles. The highest BCUT2D eigenvalue weighted by atomic mass is 127. The zero-order valence-electron chi connectivity index (χ0n) is 18.6. The smallest absolute Gasteiger partial charge is 0.408 e. The summed E-state index contributed by atoms with van der Waals surface area (Å²) in [4.78, 5) is 18.6. The molecule has 27 heavy (non-hydrogen) atoms. The second-order valence-electron chi connectivity index (χ2n) is 8.10. The SMILES string of the molecule is CCN(CC)CCCCNC(=NC)NCC(C)(C)NC(=O)OC(C)(C)C.I. The molecule has 0 aromatic carbocycles. The van der Waals surface area contributed by atoms with E-state index in [1.807, 2.05) is 34.6 Å². The van der Waals surface area contributed by atoms with E-state index in [1.165, 1.54) is 0 Å². The van der Waals surface area contributed by atoms with Gasteiger partial charge in [0.05, 0.1) is 5.54 Å². The van der Waals surface area contributed by atoms with Gasteiger partial charge in [0.25, 0.3) is 0 Å². The number of nitrogens with one attached hydrogen (secondary N) is 3. The number of amides is 1. The van der Waals surface area contributed by atoms with Crippen LogP contribution in [-0.2, 0) is 4.74 Å². The third kappa shape index (κ3) is 15.9. The number of unbranched alkanes of at least 4 members (excludes halogenated alkanes) is 1. The molecule has 7 nitrogen and oxygen atoms in total. The van der Waals surface area contributed by atoms with E-state index >= 15 is 0 Å². The molecule has 0 fully saturated rings. The lowest BCUT2D eigenvalue weighted by Crippen LogP contribution is -2.54. The molecule has 0 aliphatic heterocycles. The molecule has 3 N–H and O–H groups in total. The summed E-state index contributed by atoms with van der Waals surface area (Å²) in [5, 5.41) is 9.46. The first-order valence-corrected chi connectivity index (χ1v) is 9.71. The van der Waals surface area contributed by atoms with Crippen LogP contribution in [-0.4, -0.2) is 67.9 Å². The highest BCUT2D eigenvalue weighted by molar-refractivity contribution is 14.0. The molecule has 0 unspecified atom stereocenters. The number of hydrogen-bond acceptors (Lipinski definition) is 4. The molecule has 0 saturated carbocycles.